The maximum absolute atomic E-state index is 12.0. The molecule has 92 valence electrons. The highest BCUT2D eigenvalue weighted by molar-refractivity contribution is 5.97. The minimum absolute atomic E-state index is 0. The molecule has 1 aliphatic heterocycles. The largest absolute Gasteiger partial charge is 0.399 e. The van der Waals surface area contributed by atoms with Crippen molar-refractivity contribution in [2.75, 3.05) is 25.4 Å². The third-order valence-electron chi connectivity index (χ3n) is 2.46. The monoisotopic (exact) mass is 255 g/mol. The quantitative estimate of drug-likeness (QED) is 0.707. The Morgan fingerprint density at radius 2 is 2.18 bits per heavy atom. The van der Waals surface area contributed by atoms with Crippen LogP contribution in [0, 0.1) is 0 Å². The standard InChI is InChI=1S/C11H13N3O2.ClH/c12-9-3-1-2-8(6-9)11(16)14-5-4-13-10(15)7-14;/h1-3,6H,4-5,7,12H2,(H,13,15);1H. The fraction of sp³-hybridized carbons (Fsp3) is 0.273. The van der Waals surface area contributed by atoms with E-state index in [0.717, 1.165) is 0 Å². The molecule has 1 aromatic carbocycles. The predicted molar refractivity (Wildman–Crippen MR) is 67.0 cm³/mol. The number of rotatable bonds is 1. The molecule has 3 N–H and O–H groups in total. The van der Waals surface area contributed by atoms with E-state index in [1.165, 1.54) is 4.90 Å². The van der Waals surface area contributed by atoms with Gasteiger partial charge in [0.1, 0.15) is 0 Å². The number of anilines is 1. The highest BCUT2D eigenvalue weighted by atomic mass is 35.5. The molecule has 1 aliphatic rings. The predicted octanol–water partition coefficient (Wildman–Crippen LogP) is 0.263. The average molecular weight is 256 g/mol. The van der Waals surface area contributed by atoms with Crippen LogP contribution in [0.15, 0.2) is 24.3 Å². The maximum Gasteiger partial charge on any atom is 0.254 e. The van der Waals surface area contributed by atoms with Gasteiger partial charge in [-0.3, -0.25) is 9.59 Å². The number of nitrogens with one attached hydrogen (secondary N) is 1. The number of piperazine rings is 1. The van der Waals surface area contributed by atoms with Gasteiger partial charge in [-0.2, -0.15) is 0 Å². The number of hydrogen-bond donors (Lipinski definition) is 2. The molecule has 0 aromatic heterocycles. The van der Waals surface area contributed by atoms with Gasteiger partial charge in [0.05, 0.1) is 6.54 Å². The first-order chi connectivity index (χ1) is 7.66. The van der Waals surface area contributed by atoms with E-state index >= 15 is 0 Å². The van der Waals surface area contributed by atoms with Crippen LogP contribution < -0.4 is 11.1 Å². The van der Waals surface area contributed by atoms with Gasteiger partial charge in [0, 0.05) is 24.3 Å². The molecule has 0 radical (unpaired) electrons. The number of carbonyl (C=O) groups excluding carboxylic acids is 2. The van der Waals surface area contributed by atoms with E-state index in [2.05, 4.69) is 5.32 Å². The first-order valence-corrected chi connectivity index (χ1v) is 5.08. The first-order valence-electron chi connectivity index (χ1n) is 5.08. The number of nitrogens with two attached hydrogens (primary N) is 1. The Balaban J connectivity index is 0.00000144. The van der Waals surface area contributed by atoms with Crippen molar-refractivity contribution in [2.24, 2.45) is 0 Å². The lowest BCUT2D eigenvalue weighted by Crippen LogP contribution is -2.49. The number of nitrogens with zero attached hydrogens (tertiary/aromatic N) is 1. The van der Waals surface area contributed by atoms with E-state index in [1.54, 1.807) is 24.3 Å². The molecular weight excluding hydrogens is 242 g/mol. The van der Waals surface area contributed by atoms with Crippen molar-refractivity contribution in [2.45, 2.75) is 0 Å². The van der Waals surface area contributed by atoms with Crippen LogP contribution in [-0.2, 0) is 4.79 Å². The second-order valence-electron chi connectivity index (χ2n) is 3.70. The molecule has 0 saturated carbocycles. The Morgan fingerprint density at radius 3 is 2.82 bits per heavy atom. The molecular formula is C11H14ClN3O2. The Kier molecular flexibility index (Phi) is 4.34. The zero-order valence-electron chi connectivity index (χ0n) is 9.18. The molecule has 2 rings (SSSR count). The molecule has 0 aliphatic carbocycles. The van der Waals surface area contributed by atoms with Gasteiger partial charge in [0.15, 0.2) is 0 Å². The van der Waals surface area contributed by atoms with Crippen molar-refractivity contribution in [1.29, 1.82) is 0 Å². The minimum Gasteiger partial charge on any atom is -0.399 e. The number of hydrogen-bond acceptors (Lipinski definition) is 3. The summed E-state index contributed by atoms with van der Waals surface area (Å²) < 4.78 is 0. The Morgan fingerprint density at radius 1 is 1.41 bits per heavy atom. The Labute approximate surface area is 105 Å². The van der Waals surface area contributed by atoms with Gasteiger partial charge < -0.3 is 16.0 Å². The number of benzene rings is 1. The summed E-state index contributed by atoms with van der Waals surface area (Å²) in [5.74, 6) is -0.273. The van der Waals surface area contributed by atoms with Crippen molar-refractivity contribution in [3.8, 4) is 0 Å². The molecule has 1 fully saturated rings. The molecule has 0 bridgehead atoms. The second-order valence-corrected chi connectivity index (χ2v) is 3.70. The topological polar surface area (TPSA) is 75.4 Å². The fourth-order valence-electron chi connectivity index (χ4n) is 1.67. The Hall–Kier alpha value is -1.75. The maximum atomic E-state index is 12.0. The van der Waals surface area contributed by atoms with Crippen LogP contribution >= 0.6 is 12.4 Å². The van der Waals surface area contributed by atoms with E-state index in [-0.39, 0.29) is 30.8 Å². The average Bonchev–Trinajstić information content (AvgIpc) is 2.28. The fourth-order valence-corrected chi connectivity index (χ4v) is 1.67. The SMILES string of the molecule is Cl.Nc1cccc(C(=O)N2CCNC(=O)C2)c1. The van der Waals surface area contributed by atoms with Gasteiger partial charge >= 0.3 is 0 Å². The molecule has 1 aromatic rings. The summed E-state index contributed by atoms with van der Waals surface area (Å²) in [7, 11) is 0. The van der Waals surface area contributed by atoms with Crippen molar-refractivity contribution in [1.82, 2.24) is 10.2 Å². The summed E-state index contributed by atoms with van der Waals surface area (Å²) in [4.78, 5) is 24.7. The zero-order chi connectivity index (χ0) is 11.5. The molecule has 1 saturated heterocycles. The third kappa shape index (κ3) is 3.10. The number of amides is 2. The summed E-state index contributed by atoms with van der Waals surface area (Å²) in [5, 5.41) is 2.67. The lowest BCUT2D eigenvalue weighted by Gasteiger charge is -2.26. The summed E-state index contributed by atoms with van der Waals surface area (Å²) >= 11 is 0. The van der Waals surface area contributed by atoms with Crippen molar-refractivity contribution < 1.29 is 9.59 Å². The van der Waals surface area contributed by atoms with Crippen LogP contribution in [0.25, 0.3) is 0 Å². The minimum atomic E-state index is -0.151. The van der Waals surface area contributed by atoms with Crippen LogP contribution in [0.3, 0.4) is 0 Å². The lowest BCUT2D eigenvalue weighted by molar-refractivity contribution is -0.123. The van der Waals surface area contributed by atoms with Crippen LogP contribution in [0.2, 0.25) is 0 Å². The normalized spacial score (nSPS) is 14.8. The van der Waals surface area contributed by atoms with Gasteiger partial charge in [0.25, 0.3) is 5.91 Å². The molecule has 6 heteroatoms. The van der Waals surface area contributed by atoms with E-state index < -0.39 is 0 Å². The van der Waals surface area contributed by atoms with Gasteiger partial charge in [-0.05, 0) is 18.2 Å². The smallest absolute Gasteiger partial charge is 0.254 e. The third-order valence-corrected chi connectivity index (χ3v) is 2.46. The number of halogens is 1. The van der Waals surface area contributed by atoms with Gasteiger partial charge in [-0.1, -0.05) is 6.07 Å². The summed E-state index contributed by atoms with van der Waals surface area (Å²) in [6.45, 7) is 1.17. The number of carbonyl (C=O) groups is 2. The van der Waals surface area contributed by atoms with E-state index in [4.69, 9.17) is 5.73 Å². The zero-order valence-corrected chi connectivity index (χ0v) is 10.00. The molecule has 17 heavy (non-hydrogen) atoms. The second kappa shape index (κ2) is 5.54. The van der Waals surface area contributed by atoms with Gasteiger partial charge in [-0.15, -0.1) is 12.4 Å². The highest BCUT2D eigenvalue weighted by Crippen LogP contribution is 2.10. The number of nitrogen functional groups attached to an aromatic ring is 1. The van der Waals surface area contributed by atoms with Gasteiger partial charge in [0.2, 0.25) is 5.91 Å². The molecule has 0 spiro atoms. The van der Waals surface area contributed by atoms with Crippen LogP contribution in [0.4, 0.5) is 5.69 Å². The van der Waals surface area contributed by atoms with Crippen LogP contribution in [-0.4, -0.2) is 36.3 Å². The summed E-state index contributed by atoms with van der Waals surface area (Å²) in [6.07, 6.45) is 0. The van der Waals surface area contributed by atoms with E-state index in [1.807, 2.05) is 0 Å². The van der Waals surface area contributed by atoms with E-state index in [0.29, 0.717) is 24.3 Å². The summed E-state index contributed by atoms with van der Waals surface area (Å²) in [6, 6.07) is 6.77. The molecule has 1 heterocycles. The van der Waals surface area contributed by atoms with Crippen molar-refractivity contribution in [3.63, 3.8) is 0 Å². The highest BCUT2D eigenvalue weighted by Gasteiger charge is 2.21. The van der Waals surface area contributed by atoms with Crippen LogP contribution in [0.1, 0.15) is 10.4 Å². The van der Waals surface area contributed by atoms with E-state index in [9.17, 15) is 9.59 Å². The first kappa shape index (κ1) is 13.3. The lowest BCUT2D eigenvalue weighted by atomic mass is 10.1. The molecule has 2 amide bonds. The van der Waals surface area contributed by atoms with Crippen molar-refractivity contribution in [3.05, 3.63) is 29.8 Å². The molecule has 0 atom stereocenters. The van der Waals surface area contributed by atoms with Crippen molar-refractivity contribution >= 4 is 29.9 Å². The Bertz CT molecular complexity index is 436. The van der Waals surface area contributed by atoms with Gasteiger partial charge in [-0.25, -0.2) is 0 Å². The molecule has 5 nitrogen and oxygen atoms in total. The molecule has 0 unspecified atom stereocenters. The van der Waals surface area contributed by atoms with Crippen LogP contribution in [0.5, 0.6) is 0 Å². The summed E-state index contributed by atoms with van der Waals surface area (Å²) in [5.41, 5.74) is 6.67.